The van der Waals surface area contributed by atoms with Crippen LogP contribution in [0.5, 0.6) is 0 Å². The number of hydrogen-bond acceptors (Lipinski definition) is 2. The van der Waals surface area contributed by atoms with Crippen LogP contribution in [0.1, 0.15) is 72.5 Å². The minimum atomic E-state index is -0.550. The predicted octanol–water partition coefficient (Wildman–Crippen LogP) is 5.31. The van der Waals surface area contributed by atoms with Crippen LogP contribution in [-0.2, 0) is 11.2 Å². The number of carbonyl (C=O) groups is 2. The molecule has 158 valence electrons. The summed E-state index contributed by atoms with van der Waals surface area (Å²) in [6.45, 7) is 0.498. The van der Waals surface area contributed by atoms with E-state index in [1.54, 1.807) is 4.90 Å². The number of amides is 2. The van der Waals surface area contributed by atoms with Crippen molar-refractivity contribution in [3.05, 3.63) is 70.2 Å². The summed E-state index contributed by atoms with van der Waals surface area (Å²) in [5.74, 6) is -0.104. The number of halogens is 1. The van der Waals surface area contributed by atoms with Crippen molar-refractivity contribution in [1.29, 1.82) is 0 Å². The van der Waals surface area contributed by atoms with E-state index in [0.29, 0.717) is 23.6 Å². The molecule has 2 aliphatic rings. The summed E-state index contributed by atoms with van der Waals surface area (Å²) < 4.78 is 0. The average Bonchev–Trinajstić information content (AvgIpc) is 3.01. The molecule has 2 amide bonds. The van der Waals surface area contributed by atoms with E-state index >= 15 is 0 Å². The molecule has 30 heavy (non-hydrogen) atoms. The first-order valence-electron chi connectivity index (χ1n) is 11.1. The van der Waals surface area contributed by atoms with Gasteiger partial charge in [0.2, 0.25) is 5.91 Å². The number of nitrogens with one attached hydrogen (secondary N) is 1. The summed E-state index contributed by atoms with van der Waals surface area (Å²) >= 11 is 5.98. The Morgan fingerprint density at radius 2 is 1.63 bits per heavy atom. The third-order valence-electron chi connectivity index (χ3n) is 6.31. The smallest absolute Gasteiger partial charge is 0.255 e. The van der Waals surface area contributed by atoms with E-state index in [0.717, 1.165) is 36.8 Å². The quantitative estimate of drug-likeness (QED) is 0.707. The van der Waals surface area contributed by atoms with Crippen LogP contribution in [0, 0.1) is 0 Å². The lowest BCUT2D eigenvalue weighted by atomic mass is 9.96. The molecule has 1 aliphatic carbocycles. The highest BCUT2D eigenvalue weighted by Gasteiger charge is 2.41. The van der Waals surface area contributed by atoms with Gasteiger partial charge < -0.3 is 10.2 Å². The lowest BCUT2D eigenvalue weighted by Crippen LogP contribution is -2.44. The molecule has 1 fully saturated rings. The van der Waals surface area contributed by atoms with Crippen LogP contribution in [0.25, 0.3) is 0 Å². The summed E-state index contributed by atoms with van der Waals surface area (Å²) in [5, 5.41) is 3.97. The van der Waals surface area contributed by atoms with Crippen molar-refractivity contribution in [3.63, 3.8) is 0 Å². The van der Waals surface area contributed by atoms with Gasteiger partial charge in [-0.15, -0.1) is 0 Å². The van der Waals surface area contributed by atoms with Gasteiger partial charge in [-0.2, -0.15) is 0 Å². The molecule has 2 aromatic carbocycles. The number of fused-ring (bicyclic) bond motifs is 1. The van der Waals surface area contributed by atoms with Gasteiger partial charge in [-0.05, 0) is 48.6 Å². The van der Waals surface area contributed by atoms with Crippen LogP contribution in [0.15, 0.2) is 48.5 Å². The maximum atomic E-state index is 13.4. The van der Waals surface area contributed by atoms with Crippen molar-refractivity contribution in [2.24, 2.45) is 0 Å². The Balaban J connectivity index is 1.51. The molecular weight excluding hydrogens is 396 g/mol. The van der Waals surface area contributed by atoms with Crippen LogP contribution < -0.4 is 5.32 Å². The second-order valence-electron chi connectivity index (χ2n) is 8.42. The van der Waals surface area contributed by atoms with Crippen molar-refractivity contribution in [3.8, 4) is 0 Å². The van der Waals surface area contributed by atoms with Crippen molar-refractivity contribution in [2.45, 2.75) is 63.5 Å². The highest BCUT2D eigenvalue weighted by molar-refractivity contribution is 6.30. The van der Waals surface area contributed by atoms with Gasteiger partial charge in [0.15, 0.2) is 0 Å². The number of rotatable bonds is 5. The third-order valence-corrected chi connectivity index (χ3v) is 6.56. The Bertz CT molecular complexity index is 888. The highest BCUT2D eigenvalue weighted by Crippen LogP contribution is 2.34. The molecule has 1 atom stereocenters. The van der Waals surface area contributed by atoms with E-state index in [9.17, 15) is 9.59 Å². The van der Waals surface area contributed by atoms with Gasteiger partial charge in [0, 0.05) is 23.2 Å². The lowest BCUT2D eigenvalue weighted by molar-refractivity contribution is -0.126. The summed E-state index contributed by atoms with van der Waals surface area (Å²) in [4.78, 5) is 28.2. The first kappa shape index (κ1) is 20.9. The van der Waals surface area contributed by atoms with E-state index < -0.39 is 6.04 Å². The van der Waals surface area contributed by atoms with Gasteiger partial charge in [0.05, 0.1) is 0 Å². The van der Waals surface area contributed by atoms with Gasteiger partial charge in [-0.25, -0.2) is 0 Å². The van der Waals surface area contributed by atoms with Crippen molar-refractivity contribution >= 4 is 23.4 Å². The van der Waals surface area contributed by atoms with Crippen molar-refractivity contribution in [2.75, 3.05) is 6.54 Å². The Hall–Kier alpha value is -2.33. The Kier molecular flexibility index (Phi) is 6.73. The van der Waals surface area contributed by atoms with Gasteiger partial charge in [0.25, 0.3) is 5.91 Å². The Morgan fingerprint density at radius 3 is 2.37 bits per heavy atom. The van der Waals surface area contributed by atoms with Crippen LogP contribution in [0.4, 0.5) is 0 Å². The molecule has 4 nitrogen and oxygen atoms in total. The fourth-order valence-electron chi connectivity index (χ4n) is 4.66. The third kappa shape index (κ3) is 4.70. The van der Waals surface area contributed by atoms with E-state index in [2.05, 4.69) is 5.32 Å². The maximum Gasteiger partial charge on any atom is 0.255 e. The first-order chi connectivity index (χ1) is 14.6. The monoisotopic (exact) mass is 424 g/mol. The van der Waals surface area contributed by atoms with E-state index in [1.807, 2.05) is 48.5 Å². The molecule has 0 radical (unpaired) electrons. The maximum absolute atomic E-state index is 13.4. The lowest BCUT2D eigenvalue weighted by Gasteiger charge is -2.28. The largest absolute Gasteiger partial charge is 0.351 e. The predicted molar refractivity (Wildman–Crippen MR) is 120 cm³/mol. The normalized spacial score (nSPS) is 19.8. The second-order valence-corrected chi connectivity index (χ2v) is 8.85. The van der Waals surface area contributed by atoms with Crippen LogP contribution in [0.3, 0.4) is 0 Å². The molecule has 1 heterocycles. The highest BCUT2D eigenvalue weighted by atomic mass is 35.5. The minimum absolute atomic E-state index is 0.0463. The fourth-order valence-corrected chi connectivity index (χ4v) is 4.79. The van der Waals surface area contributed by atoms with E-state index in [1.165, 1.54) is 19.3 Å². The van der Waals surface area contributed by atoms with Gasteiger partial charge >= 0.3 is 0 Å². The zero-order valence-corrected chi connectivity index (χ0v) is 18.0. The van der Waals surface area contributed by atoms with Crippen LogP contribution >= 0.6 is 11.6 Å². The molecule has 0 unspecified atom stereocenters. The zero-order chi connectivity index (χ0) is 20.9. The zero-order valence-electron chi connectivity index (χ0n) is 17.3. The molecule has 0 saturated heterocycles. The van der Waals surface area contributed by atoms with Crippen LogP contribution in [0.2, 0.25) is 5.02 Å². The minimum Gasteiger partial charge on any atom is -0.351 e. The van der Waals surface area contributed by atoms with E-state index in [-0.39, 0.29) is 17.9 Å². The average molecular weight is 425 g/mol. The van der Waals surface area contributed by atoms with Crippen molar-refractivity contribution in [1.82, 2.24) is 10.2 Å². The summed E-state index contributed by atoms with van der Waals surface area (Å²) in [7, 11) is 0. The molecule has 0 spiro atoms. The number of benzene rings is 2. The molecule has 1 saturated carbocycles. The molecule has 4 rings (SSSR count). The molecule has 2 aromatic rings. The van der Waals surface area contributed by atoms with Gasteiger partial charge in [0.1, 0.15) is 6.04 Å². The molecular formula is C25H29ClN2O2. The Labute approximate surface area is 183 Å². The SMILES string of the molecule is O=C(NC1CCCCCCC1)[C@H]1c2ccccc2C(=O)N1CCc1ccc(Cl)cc1. The topological polar surface area (TPSA) is 49.4 Å². The summed E-state index contributed by atoms with van der Waals surface area (Å²) in [5.41, 5.74) is 2.57. The molecule has 0 aromatic heterocycles. The molecule has 1 aliphatic heterocycles. The molecule has 5 heteroatoms. The molecule has 0 bridgehead atoms. The number of hydrogen-bond donors (Lipinski definition) is 1. The van der Waals surface area contributed by atoms with Gasteiger partial charge in [-0.3, -0.25) is 9.59 Å². The standard InChI is InChI=1S/C25H29ClN2O2/c26-19-14-12-18(13-15-19)16-17-28-23(21-10-6-7-11-22(21)25(28)30)24(29)27-20-8-4-2-1-3-5-9-20/h6-7,10-15,20,23H,1-5,8-9,16-17H2,(H,27,29)/t23-/m1/s1. The second kappa shape index (κ2) is 9.65. The van der Waals surface area contributed by atoms with E-state index in [4.69, 9.17) is 11.6 Å². The van der Waals surface area contributed by atoms with Crippen molar-refractivity contribution < 1.29 is 9.59 Å². The summed E-state index contributed by atoms with van der Waals surface area (Å²) in [6, 6.07) is 14.8. The Morgan fingerprint density at radius 1 is 0.967 bits per heavy atom. The molecule has 1 N–H and O–H groups in total. The number of nitrogens with zero attached hydrogens (tertiary/aromatic N) is 1. The fraction of sp³-hybridized carbons (Fsp3) is 0.440. The summed E-state index contributed by atoms with van der Waals surface area (Å²) in [6.07, 6.45) is 8.83. The first-order valence-corrected chi connectivity index (χ1v) is 11.5. The number of carbonyl (C=O) groups excluding carboxylic acids is 2. The van der Waals surface area contributed by atoms with Crippen LogP contribution in [-0.4, -0.2) is 29.3 Å². The van der Waals surface area contributed by atoms with Gasteiger partial charge in [-0.1, -0.05) is 74.0 Å².